The van der Waals surface area contributed by atoms with E-state index in [0.29, 0.717) is 55.8 Å². The maximum atomic E-state index is 16.5. The van der Waals surface area contributed by atoms with Gasteiger partial charge in [-0.25, -0.2) is 0 Å². The first-order chi connectivity index (χ1) is 45.6. The molecule has 0 aromatic heterocycles. The predicted molar refractivity (Wildman–Crippen MR) is 439 cm³/mol. The number of benzene rings is 10. The van der Waals surface area contributed by atoms with Gasteiger partial charge in [-0.2, -0.15) is 0 Å². The molecule has 102 heavy (non-hydrogen) atoms. The van der Waals surface area contributed by atoms with E-state index in [2.05, 4.69) is 289 Å². The van der Waals surface area contributed by atoms with Crippen LogP contribution in [0.5, 0.6) is 23.0 Å². The van der Waals surface area contributed by atoms with E-state index >= 15 is 8.78 Å². The van der Waals surface area contributed by atoms with Crippen LogP contribution in [0.25, 0.3) is 87.6 Å². The Morgan fingerprint density at radius 3 is 0.941 bits per heavy atom. The van der Waals surface area contributed by atoms with Crippen LogP contribution in [0.15, 0.2) is 146 Å². The van der Waals surface area contributed by atoms with Crippen molar-refractivity contribution in [1.82, 2.24) is 0 Å². The van der Waals surface area contributed by atoms with Crippen molar-refractivity contribution in [2.45, 2.75) is 235 Å². The van der Waals surface area contributed by atoms with Gasteiger partial charge in [-0.1, -0.05) is 83.1 Å². The van der Waals surface area contributed by atoms with Crippen molar-refractivity contribution >= 4 is 56.4 Å². The van der Waals surface area contributed by atoms with Crippen molar-refractivity contribution in [1.29, 1.82) is 0 Å². The van der Waals surface area contributed by atoms with Gasteiger partial charge in [-0.05, 0) is 10.8 Å². The van der Waals surface area contributed by atoms with Crippen LogP contribution in [0.1, 0.15) is 226 Å². The van der Waals surface area contributed by atoms with Gasteiger partial charge in [-0.3, -0.25) is 0 Å². The number of aliphatic hydroxyl groups is 2. The Morgan fingerprint density at radius 2 is 0.637 bits per heavy atom. The third-order valence-electron chi connectivity index (χ3n) is 21.5. The summed E-state index contributed by atoms with van der Waals surface area (Å²) in [5, 5.41) is 35.5. The molecular formula is C94H122F2GeHfO4. The molecule has 4 N–H and O–H groups in total. The van der Waals surface area contributed by atoms with Gasteiger partial charge >= 0.3 is 506 Å². The fraction of sp³-hybridized carbons (Fsp3) is 0.426. The number of phenolic OH excluding ortho intramolecular Hbond substituents is 2. The molecule has 10 rings (SSSR count). The Balaban J connectivity index is 0.00000486. The van der Waals surface area contributed by atoms with Gasteiger partial charge in [0.15, 0.2) is 0 Å². The second-order valence-corrected chi connectivity index (χ2v) is 49.2. The second kappa shape index (κ2) is 29.6. The largest absolute Gasteiger partial charge is 0.358 e. The number of hydrogen-bond acceptors (Lipinski definition) is 2. The molecule has 10 aromatic rings. The summed E-state index contributed by atoms with van der Waals surface area (Å²) in [6.07, 6.45) is 1.70. The van der Waals surface area contributed by atoms with Crippen LogP contribution in [0, 0.1) is 37.3 Å². The van der Waals surface area contributed by atoms with Crippen LogP contribution in [0.2, 0.25) is 9.50 Å². The molecule has 0 aliphatic heterocycles. The van der Waals surface area contributed by atoms with E-state index in [-0.39, 0.29) is 105 Å². The summed E-state index contributed by atoms with van der Waals surface area (Å²) in [6.45, 7) is 58.9. The molecule has 0 radical (unpaired) electrons. The minimum Gasteiger partial charge on any atom is -0.358 e. The van der Waals surface area contributed by atoms with Gasteiger partial charge in [-0.15, -0.1) is 0 Å². The Hall–Kier alpha value is -6.29. The number of aromatic hydroxyl groups is 4. The molecule has 10 aromatic carbocycles. The summed E-state index contributed by atoms with van der Waals surface area (Å²) in [4.78, 5) is 0. The summed E-state index contributed by atoms with van der Waals surface area (Å²) < 4.78 is 44.7. The molecule has 0 amide bonds. The Bertz CT molecular complexity index is 4440. The Labute approximate surface area is 635 Å². The summed E-state index contributed by atoms with van der Waals surface area (Å²) in [7, 11) is 0. The van der Waals surface area contributed by atoms with Crippen LogP contribution < -0.4 is 0 Å². The molecule has 0 spiro atoms. The number of ether oxygens (including phenoxy) is 2. The second-order valence-electron chi connectivity index (χ2n) is 37.8. The molecule has 0 fully saturated rings. The van der Waals surface area contributed by atoms with Gasteiger partial charge in [0, 0.05) is 25.8 Å². The zero-order valence-corrected chi connectivity index (χ0v) is 73.1. The number of halogens is 2. The minimum absolute atomic E-state index is 0. The van der Waals surface area contributed by atoms with Crippen molar-refractivity contribution in [3.63, 3.8) is 0 Å². The fourth-order valence-electron chi connectivity index (χ4n) is 16.0. The first-order valence-corrected chi connectivity index (χ1v) is 41.7. The molecule has 8 heteroatoms. The summed E-state index contributed by atoms with van der Waals surface area (Å²) in [5.41, 5.74) is 12.0. The normalized spacial score (nSPS) is 13.1. The molecule has 0 aliphatic carbocycles. The van der Waals surface area contributed by atoms with Crippen LogP contribution in [0.4, 0.5) is 8.78 Å². The standard InChI is InChI=1S/C92H114F2GeO4.2CH3.Hf/c1-55(2)95(56(3)4,53-98-79-37-33-67(93)49-73(79)75-45-65(91(23,24)51-85(5,6)7)47-77(83(75)96)81-69-35-31-61(87(11,12)13)41-59(69)39-57-27-29-63(43-71(57)81)89(17,18)19)54-99-80-38-34-68(94)50-74(80)76-46-66(92(25,26)52-86(8,9)10)48-78(84(76)97)82-70-36-32-62(88(14,15)16)42-60(70)40-58-28-30-64(44-72(58)82)90(20,21)22;;;/h27-50,55-56,96-97H,51-54H2,1-26H3;2*1H3;/q;2*-1;/p+2. The number of fused-ring (bicyclic) bond motifs is 4. The first kappa shape index (κ1) is 83.0. The number of hydrogen-bond donors (Lipinski definition) is 2. The third kappa shape index (κ3) is 17.3. The molecule has 0 saturated carbocycles. The van der Waals surface area contributed by atoms with Crippen molar-refractivity contribution < 1.29 is 54.3 Å². The number of phenols is 2. The van der Waals surface area contributed by atoms with E-state index in [1.54, 1.807) is 24.3 Å². The van der Waals surface area contributed by atoms with Crippen LogP contribution in [0.3, 0.4) is 0 Å². The average molecular weight is 1610 g/mol. The van der Waals surface area contributed by atoms with Gasteiger partial charge in [0.2, 0.25) is 0 Å². The van der Waals surface area contributed by atoms with Gasteiger partial charge in [0.25, 0.3) is 0 Å². The topological polar surface area (TPSA) is 66.1 Å². The molecule has 4 nitrogen and oxygen atoms in total. The van der Waals surface area contributed by atoms with Crippen molar-refractivity contribution in [2.24, 2.45) is 10.8 Å². The van der Waals surface area contributed by atoms with E-state index in [9.17, 15) is 10.2 Å². The van der Waals surface area contributed by atoms with E-state index < -0.39 is 24.9 Å². The van der Waals surface area contributed by atoms with E-state index in [0.717, 1.165) is 78.2 Å². The summed E-state index contributed by atoms with van der Waals surface area (Å²) in [6, 6.07) is 50.0. The summed E-state index contributed by atoms with van der Waals surface area (Å²) in [5.74, 6) is 0.533. The van der Waals surface area contributed by atoms with Gasteiger partial charge in [0.05, 0.1) is 0 Å². The predicted octanol–water partition coefficient (Wildman–Crippen LogP) is 27.7. The van der Waals surface area contributed by atoms with E-state index in [4.69, 9.17) is 9.47 Å². The van der Waals surface area contributed by atoms with Crippen molar-refractivity contribution in [3.8, 4) is 67.5 Å². The molecule has 0 heterocycles. The quantitative estimate of drug-likeness (QED) is 0.0438. The van der Waals surface area contributed by atoms with Crippen molar-refractivity contribution in [3.05, 3.63) is 205 Å². The van der Waals surface area contributed by atoms with Crippen LogP contribution in [-0.2, 0) is 58.3 Å². The Morgan fingerprint density at radius 1 is 0.333 bits per heavy atom. The van der Waals surface area contributed by atoms with Crippen molar-refractivity contribution in [2.75, 3.05) is 10.9 Å². The maximum Gasteiger partial charge on any atom is 0 e. The monoisotopic (exact) mass is 1610 g/mol. The van der Waals surface area contributed by atoms with Gasteiger partial charge < -0.3 is 14.9 Å². The van der Waals surface area contributed by atoms with E-state index in [1.165, 1.54) is 34.4 Å². The molecule has 0 aliphatic rings. The molecular weight excluding hydrogens is 1480 g/mol. The Kier molecular flexibility index (Phi) is 24.1. The molecule has 0 saturated heterocycles. The van der Waals surface area contributed by atoms with Crippen LogP contribution in [-0.4, -0.2) is 43.8 Å². The summed E-state index contributed by atoms with van der Waals surface area (Å²) >= 11 is -3.47. The molecule has 0 unspecified atom stereocenters. The van der Waals surface area contributed by atoms with E-state index in [1.807, 2.05) is 0 Å². The zero-order valence-electron chi connectivity index (χ0n) is 67.4. The minimum atomic E-state index is -3.47. The van der Waals surface area contributed by atoms with Gasteiger partial charge in [0.1, 0.15) is 0 Å². The smallest absolute Gasteiger partial charge is 0 e. The molecule has 0 bridgehead atoms. The third-order valence-corrected chi connectivity index (χ3v) is 34.3. The van der Waals surface area contributed by atoms with Crippen LogP contribution >= 0.6 is 0 Å². The maximum absolute atomic E-state index is 16.5. The molecule has 0 atom stereocenters. The molecule has 544 valence electrons. The first-order valence-electron chi connectivity index (χ1n) is 36.3. The fourth-order valence-corrected chi connectivity index (χ4v) is 24.0. The number of rotatable bonds is 16. The average Bonchev–Trinajstić information content (AvgIpc) is 0.737. The zero-order chi connectivity index (χ0) is 73.0. The SMILES string of the molecule is C[CH](C)[Ge]([CH2][OH+]c1ccc(F)cc1-c1cc(C(C)(C)CC(C)(C)C)cc(-c2c3ccc(C(C)(C)C)cc3cc3ccc(C(C)(C)C)cc23)c1O)([CH2][OH+]c1ccc(F)cc1-c1cc(C(C)(C)CC(C)(C)C)cc(-c2c3ccc(C(C)(C)C)cc3cc3ccc(C(C)(C)C)cc23)c1O)[CH](C)C.[CH3-].[CH3-].[Hf].